The van der Waals surface area contributed by atoms with Crippen molar-refractivity contribution in [3.05, 3.63) is 22.1 Å². The van der Waals surface area contributed by atoms with Crippen LogP contribution in [0.5, 0.6) is 0 Å². The highest BCUT2D eigenvalue weighted by Crippen LogP contribution is 2.32. The molecule has 120 valence electrons. The van der Waals surface area contributed by atoms with Crippen molar-refractivity contribution >= 4 is 21.4 Å². The second kappa shape index (κ2) is 5.03. The number of aryl methyl sites for hydroxylation is 1. The third kappa shape index (κ3) is 2.87. The van der Waals surface area contributed by atoms with E-state index in [0.29, 0.717) is 4.96 Å². The molecule has 3 heterocycles. The summed E-state index contributed by atoms with van der Waals surface area (Å²) in [5, 5.41) is 5.29. The number of hydrogen-bond acceptors (Lipinski definition) is 6. The quantitative estimate of drug-likeness (QED) is 0.847. The molecule has 0 saturated carbocycles. The van der Waals surface area contributed by atoms with Crippen LogP contribution in [-0.4, -0.2) is 38.9 Å². The maximum atomic E-state index is 12.1. The lowest BCUT2D eigenvalue weighted by atomic mass is 9.99. The second-order valence-electron chi connectivity index (χ2n) is 7.00. The van der Waals surface area contributed by atoms with Gasteiger partial charge in [0.05, 0.1) is 11.2 Å². The van der Waals surface area contributed by atoms with Crippen molar-refractivity contribution in [3.63, 3.8) is 0 Å². The van der Waals surface area contributed by atoms with Crippen LogP contribution in [0.4, 0.5) is 5.13 Å². The second-order valence-corrected chi connectivity index (χ2v) is 7.93. The molecule has 0 atom stereocenters. The van der Waals surface area contributed by atoms with E-state index >= 15 is 0 Å². The van der Waals surface area contributed by atoms with E-state index in [4.69, 9.17) is 4.74 Å². The molecule has 2 aromatic heterocycles. The Morgan fingerprint density at radius 3 is 2.50 bits per heavy atom. The average Bonchev–Trinajstić information content (AvgIpc) is 2.79. The first kappa shape index (κ1) is 15.4. The molecule has 1 saturated heterocycles. The molecular weight excluding hydrogens is 300 g/mol. The molecule has 2 aromatic rings. The van der Waals surface area contributed by atoms with E-state index in [1.54, 1.807) is 6.07 Å². The van der Waals surface area contributed by atoms with Crippen LogP contribution in [0.25, 0.3) is 4.96 Å². The number of fused-ring (bicyclic) bond motifs is 1. The largest absolute Gasteiger partial charge is 0.366 e. The molecule has 0 spiro atoms. The normalized spacial score (nSPS) is 20.5. The molecule has 0 bridgehead atoms. The Balaban J connectivity index is 2.03. The molecule has 22 heavy (non-hydrogen) atoms. The minimum absolute atomic E-state index is 0.115. The highest BCUT2D eigenvalue weighted by atomic mass is 32.1. The molecule has 0 aromatic carbocycles. The number of aromatic nitrogens is 3. The zero-order chi connectivity index (χ0) is 16.1. The first-order valence-electron chi connectivity index (χ1n) is 7.54. The molecule has 7 heteroatoms. The molecule has 6 nitrogen and oxygen atoms in total. The number of hydrogen-bond donors (Lipinski definition) is 0. The predicted molar refractivity (Wildman–Crippen MR) is 88.0 cm³/mol. The molecule has 0 amide bonds. The third-order valence-corrected chi connectivity index (χ3v) is 4.59. The summed E-state index contributed by atoms with van der Waals surface area (Å²) in [5.41, 5.74) is 0.179. The molecule has 0 unspecified atom stereocenters. The lowest BCUT2D eigenvalue weighted by Crippen LogP contribution is -2.57. The fourth-order valence-corrected chi connectivity index (χ4v) is 4.00. The van der Waals surface area contributed by atoms with Crippen molar-refractivity contribution in [2.75, 3.05) is 18.0 Å². The highest BCUT2D eigenvalue weighted by Gasteiger charge is 2.39. The van der Waals surface area contributed by atoms with Gasteiger partial charge in [-0.25, -0.2) is 4.98 Å². The number of ether oxygens (including phenoxy) is 1. The first-order chi connectivity index (χ1) is 10.2. The Hall–Kier alpha value is -1.47. The summed E-state index contributed by atoms with van der Waals surface area (Å²) in [7, 11) is 0. The molecule has 0 N–H and O–H groups in total. The van der Waals surface area contributed by atoms with Gasteiger partial charge in [0.1, 0.15) is 0 Å². The average molecular weight is 322 g/mol. The molecular formula is C15H22N4O2S. The van der Waals surface area contributed by atoms with Crippen molar-refractivity contribution in [3.8, 4) is 0 Å². The monoisotopic (exact) mass is 322 g/mol. The van der Waals surface area contributed by atoms with Gasteiger partial charge in [-0.3, -0.25) is 4.79 Å². The zero-order valence-electron chi connectivity index (χ0n) is 13.7. The standard InChI is InChI=1S/C15H22N4O2S/c1-6-10-7-11(20)19-12(16-10)22-13(17-19)18-8-14(2,3)21-15(4,5)9-18/h7H,6,8-9H2,1-5H3. The van der Waals surface area contributed by atoms with Crippen molar-refractivity contribution in [1.82, 2.24) is 14.6 Å². The van der Waals surface area contributed by atoms with E-state index < -0.39 is 0 Å². The van der Waals surface area contributed by atoms with Gasteiger partial charge in [-0.15, -0.1) is 5.10 Å². The van der Waals surface area contributed by atoms with Crippen molar-refractivity contribution in [2.45, 2.75) is 52.2 Å². The Morgan fingerprint density at radius 2 is 1.91 bits per heavy atom. The molecule has 1 aliphatic heterocycles. The van der Waals surface area contributed by atoms with Crippen molar-refractivity contribution < 1.29 is 4.74 Å². The highest BCUT2D eigenvalue weighted by molar-refractivity contribution is 7.20. The summed E-state index contributed by atoms with van der Waals surface area (Å²) in [6, 6.07) is 1.56. The first-order valence-corrected chi connectivity index (χ1v) is 8.36. The lowest BCUT2D eigenvalue weighted by molar-refractivity contribution is -0.133. The Kier molecular flexibility index (Phi) is 3.52. The molecule has 3 rings (SSSR count). The summed E-state index contributed by atoms with van der Waals surface area (Å²) >= 11 is 1.46. The van der Waals surface area contributed by atoms with Crippen LogP contribution in [0.1, 0.15) is 40.3 Å². The van der Waals surface area contributed by atoms with Crippen LogP contribution in [0.3, 0.4) is 0 Å². The smallest absolute Gasteiger partial charge is 0.275 e. The summed E-state index contributed by atoms with van der Waals surface area (Å²) in [6.07, 6.45) is 0.747. The van der Waals surface area contributed by atoms with Crippen LogP contribution < -0.4 is 10.5 Å². The van der Waals surface area contributed by atoms with Gasteiger partial charge in [0.25, 0.3) is 5.56 Å². The Labute approximate surface area is 133 Å². The van der Waals surface area contributed by atoms with Gasteiger partial charge in [-0.2, -0.15) is 4.52 Å². The van der Waals surface area contributed by atoms with Crippen LogP contribution in [0.2, 0.25) is 0 Å². The molecule has 1 aliphatic rings. The molecule has 1 fully saturated rings. The van der Waals surface area contributed by atoms with Gasteiger partial charge >= 0.3 is 0 Å². The number of nitrogens with zero attached hydrogens (tertiary/aromatic N) is 4. The summed E-state index contributed by atoms with van der Waals surface area (Å²) in [5.74, 6) is 0. The van der Waals surface area contributed by atoms with Gasteiger partial charge in [0.2, 0.25) is 10.1 Å². The minimum Gasteiger partial charge on any atom is -0.366 e. The number of morpholine rings is 1. The maximum absolute atomic E-state index is 12.1. The van der Waals surface area contributed by atoms with Crippen molar-refractivity contribution in [2.24, 2.45) is 0 Å². The summed E-state index contributed by atoms with van der Waals surface area (Å²) < 4.78 is 7.50. The van der Waals surface area contributed by atoms with Gasteiger partial charge in [0.15, 0.2) is 0 Å². The topological polar surface area (TPSA) is 59.7 Å². The third-order valence-electron chi connectivity index (χ3n) is 3.62. The predicted octanol–water partition coefficient (Wildman–Crippen LogP) is 2.11. The number of anilines is 1. The lowest BCUT2D eigenvalue weighted by Gasteiger charge is -2.46. The van der Waals surface area contributed by atoms with Gasteiger partial charge in [-0.05, 0) is 34.1 Å². The van der Waals surface area contributed by atoms with Gasteiger partial charge in [0, 0.05) is 24.8 Å². The number of rotatable bonds is 2. The Bertz CT molecular complexity index is 746. The SMILES string of the molecule is CCc1cc(=O)n2nc(N3CC(C)(C)OC(C)(C)C3)sc2n1. The zero-order valence-corrected chi connectivity index (χ0v) is 14.5. The Morgan fingerprint density at radius 1 is 1.27 bits per heavy atom. The van der Waals surface area contributed by atoms with E-state index in [2.05, 4.69) is 42.7 Å². The van der Waals surface area contributed by atoms with Crippen LogP contribution >= 0.6 is 11.3 Å². The van der Waals surface area contributed by atoms with Crippen LogP contribution in [-0.2, 0) is 11.2 Å². The summed E-state index contributed by atoms with van der Waals surface area (Å²) in [6.45, 7) is 11.8. The maximum Gasteiger partial charge on any atom is 0.275 e. The fraction of sp³-hybridized carbons (Fsp3) is 0.667. The van der Waals surface area contributed by atoms with Crippen molar-refractivity contribution in [1.29, 1.82) is 0 Å². The van der Waals surface area contributed by atoms with Crippen LogP contribution in [0, 0.1) is 0 Å². The van der Waals surface area contributed by atoms with E-state index in [9.17, 15) is 4.79 Å². The van der Waals surface area contributed by atoms with E-state index in [0.717, 1.165) is 30.3 Å². The van der Waals surface area contributed by atoms with E-state index in [-0.39, 0.29) is 16.8 Å². The van der Waals surface area contributed by atoms with E-state index in [1.807, 2.05) is 6.92 Å². The van der Waals surface area contributed by atoms with Gasteiger partial charge in [-0.1, -0.05) is 18.3 Å². The molecule has 0 radical (unpaired) electrons. The summed E-state index contributed by atoms with van der Waals surface area (Å²) in [4.78, 5) is 19.5. The molecule has 0 aliphatic carbocycles. The fourth-order valence-electron chi connectivity index (χ4n) is 3.08. The van der Waals surface area contributed by atoms with E-state index in [1.165, 1.54) is 15.9 Å². The minimum atomic E-state index is -0.257. The van der Waals surface area contributed by atoms with Gasteiger partial charge < -0.3 is 9.64 Å². The van der Waals surface area contributed by atoms with Crippen LogP contribution in [0.15, 0.2) is 10.9 Å².